The van der Waals surface area contributed by atoms with Gasteiger partial charge in [-0.1, -0.05) is 45.4 Å². The highest BCUT2D eigenvalue weighted by atomic mass is 16.4. The molecule has 0 bridgehead atoms. The van der Waals surface area contributed by atoms with Crippen LogP contribution in [0.3, 0.4) is 0 Å². The number of carbonyl (C=O) groups excluding carboxylic acids is 1. The van der Waals surface area contributed by atoms with E-state index in [1.54, 1.807) is 0 Å². The number of hydrogen-bond acceptors (Lipinski definition) is 4. The zero-order valence-corrected chi connectivity index (χ0v) is 17.1. The largest absolute Gasteiger partial charge is 0.481 e. The third-order valence-electron chi connectivity index (χ3n) is 6.03. The lowest BCUT2D eigenvalue weighted by Gasteiger charge is -2.27. The minimum atomic E-state index is -0.760. The highest BCUT2D eigenvalue weighted by Crippen LogP contribution is 2.41. The first-order valence-electron chi connectivity index (χ1n) is 10.7. The Morgan fingerprint density at radius 3 is 2.48 bits per heavy atom. The number of aliphatic hydroxyl groups is 1. The lowest BCUT2D eigenvalue weighted by Crippen LogP contribution is -2.27. The summed E-state index contributed by atoms with van der Waals surface area (Å²) in [5.41, 5.74) is -0.720. The summed E-state index contributed by atoms with van der Waals surface area (Å²) in [6.07, 6.45) is 10.1. The number of carboxylic acids is 1. The third kappa shape index (κ3) is 8.88. The van der Waals surface area contributed by atoms with Crippen LogP contribution in [0.5, 0.6) is 0 Å². The van der Waals surface area contributed by atoms with Crippen molar-refractivity contribution >= 4 is 11.8 Å². The Bertz CT molecular complexity index is 509. The van der Waals surface area contributed by atoms with Crippen LogP contribution < -0.4 is 0 Å². The minimum Gasteiger partial charge on any atom is -0.481 e. The van der Waals surface area contributed by atoms with Crippen LogP contribution in [0.2, 0.25) is 0 Å². The standard InChI is InChI=1S/C22H37NO4/c1-3-4-9-13-22(2,27)14-12-18-17(16-23)15-20(24)19(18)10-7-5-6-8-11-21(25)26/h17-19,27H,3-15H2,1-2H3,(H,25,26)/t17-,18?,19?,22?/m1/s1. The lowest BCUT2D eigenvalue weighted by atomic mass is 9.80. The summed E-state index contributed by atoms with van der Waals surface area (Å²) in [5.74, 6) is -0.799. The van der Waals surface area contributed by atoms with E-state index in [0.29, 0.717) is 19.3 Å². The molecule has 3 unspecified atom stereocenters. The highest BCUT2D eigenvalue weighted by Gasteiger charge is 2.42. The summed E-state index contributed by atoms with van der Waals surface area (Å²) >= 11 is 0. The van der Waals surface area contributed by atoms with E-state index in [9.17, 15) is 20.0 Å². The maximum absolute atomic E-state index is 12.4. The van der Waals surface area contributed by atoms with E-state index in [4.69, 9.17) is 5.11 Å². The van der Waals surface area contributed by atoms with E-state index < -0.39 is 11.6 Å². The number of ketones is 1. The molecule has 27 heavy (non-hydrogen) atoms. The Hall–Kier alpha value is -1.41. The third-order valence-corrected chi connectivity index (χ3v) is 6.03. The summed E-state index contributed by atoms with van der Waals surface area (Å²) in [7, 11) is 0. The van der Waals surface area contributed by atoms with Gasteiger partial charge in [0.2, 0.25) is 0 Å². The van der Waals surface area contributed by atoms with Gasteiger partial charge in [-0.05, 0) is 44.9 Å². The van der Waals surface area contributed by atoms with Crippen LogP contribution in [0, 0.1) is 29.1 Å². The molecule has 154 valence electrons. The molecule has 0 aliphatic heterocycles. The van der Waals surface area contributed by atoms with Crippen LogP contribution in [-0.4, -0.2) is 27.6 Å². The number of Topliss-reactive ketones (excluding diaryl/α,β-unsaturated/α-hetero) is 1. The summed E-state index contributed by atoms with van der Waals surface area (Å²) < 4.78 is 0. The minimum absolute atomic E-state index is 0.0548. The smallest absolute Gasteiger partial charge is 0.303 e. The van der Waals surface area contributed by atoms with Crippen LogP contribution in [0.1, 0.15) is 97.3 Å². The van der Waals surface area contributed by atoms with Crippen molar-refractivity contribution in [2.24, 2.45) is 17.8 Å². The van der Waals surface area contributed by atoms with Gasteiger partial charge in [0.25, 0.3) is 0 Å². The van der Waals surface area contributed by atoms with Crippen molar-refractivity contribution < 1.29 is 19.8 Å². The molecule has 0 spiro atoms. The van der Waals surface area contributed by atoms with Crippen molar-refractivity contribution in [3.63, 3.8) is 0 Å². The number of nitriles is 1. The van der Waals surface area contributed by atoms with Gasteiger partial charge in [0.15, 0.2) is 0 Å². The molecule has 5 nitrogen and oxygen atoms in total. The average molecular weight is 380 g/mol. The molecule has 0 aromatic rings. The van der Waals surface area contributed by atoms with Crippen molar-refractivity contribution in [1.29, 1.82) is 5.26 Å². The number of aliphatic carboxylic acids is 1. The summed E-state index contributed by atoms with van der Waals surface area (Å²) in [6.45, 7) is 4.01. The molecule has 1 aliphatic carbocycles. The lowest BCUT2D eigenvalue weighted by molar-refractivity contribution is -0.137. The predicted molar refractivity (Wildman–Crippen MR) is 105 cm³/mol. The van der Waals surface area contributed by atoms with Crippen molar-refractivity contribution in [2.75, 3.05) is 0 Å². The number of carboxylic acid groups (broad SMARTS) is 1. The Kier molecular flexibility index (Phi) is 10.6. The first kappa shape index (κ1) is 23.6. The molecule has 1 aliphatic rings. The molecular weight excluding hydrogens is 342 g/mol. The second-order valence-corrected chi connectivity index (χ2v) is 8.52. The van der Waals surface area contributed by atoms with Gasteiger partial charge in [0, 0.05) is 18.8 Å². The molecule has 0 heterocycles. The average Bonchev–Trinajstić information content (AvgIpc) is 2.91. The van der Waals surface area contributed by atoms with E-state index in [1.165, 1.54) is 0 Å². The van der Waals surface area contributed by atoms with Crippen molar-refractivity contribution in [1.82, 2.24) is 0 Å². The maximum atomic E-state index is 12.4. The molecule has 0 aromatic carbocycles. The summed E-state index contributed by atoms with van der Waals surface area (Å²) in [5, 5.41) is 28.7. The predicted octanol–water partition coefficient (Wildman–Crippen LogP) is 4.87. The van der Waals surface area contributed by atoms with E-state index in [0.717, 1.165) is 57.8 Å². The molecule has 4 atom stereocenters. The van der Waals surface area contributed by atoms with E-state index in [1.807, 2.05) is 6.92 Å². The highest BCUT2D eigenvalue weighted by molar-refractivity contribution is 5.84. The normalized spacial score (nSPS) is 24.5. The number of carbonyl (C=O) groups is 2. The maximum Gasteiger partial charge on any atom is 0.303 e. The molecule has 1 saturated carbocycles. The first-order chi connectivity index (χ1) is 12.8. The second kappa shape index (κ2) is 12.1. The van der Waals surface area contributed by atoms with E-state index >= 15 is 0 Å². The van der Waals surface area contributed by atoms with Gasteiger partial charge in [-0.25, -0.2) is 0 Å². The molecule has 0 saturated heterocycles. The van der Waals surface area contributed by atoms with Crippen LogP contribution in [0.4, 0.5) is 0 Å². The quantitative estimate of drug-likeness (QED) is 0.420. The first-order valence-corrected chi connectivity index (χ1v) is 10.7. The number of nitrogens with zero attached hydrogens (tertiary/aromatic N) is 1. The van der Waals surface area contributed by atoms with Gasteiger partial charge in [-0.15, -0.1) is 0 Å². The summed E-state index contributed by atoms with van der Waals surface area (Å²) in [6, 6.07) is 2.32. The molecular formula is C22H37NO4. The molecule has 0 amide bonds. The van der Waals surface area contributed by atoms with Crippen LogP contribution >= 0.6 is 0 Å². The van der Waals surface area contributed by atoms with Gasteiger partial charge in [-0.2, -0.15) is 5.26 Å². The molecule has 0 radical (unpaired) electrons. The zero-order valence-electron chi connectivity index (χ0n) is 17.1. The van der Waals surface area contributed by atoms with Crippen molar-refractivity contribution in [3.05, 3.63) is 0 Å². The molecule has 2 N–H and O–H groups in total. The monoisotopic (exact) mass is 379 g/mol. The van der Waals surface area contributed by atoms with E-state index in [2.05, 4.69) is 13.0 Å². The van der Waals surface area contributed by atoms with Crippen molar-refractivity contribution in [2.45, 2.75) is 103 Å². The van der Waals surface area contributed by atoms with Crippen LogP contribution in [0.15, 0.2) is 0 Å². The fourth-order valence-electron chi connectivity index (χ4n) is 4.31. The molecule has 1 rings (SSSR count). The fraction of sp³-hybridized carbons (Fsp3) is 0.864. The summed E-state index contributed by atoms with van der Waals surface area (Å²) in [4.78, 5) is 22.9. The fourth-order valence-corrected chi connectivity index (χ4v) is 4.31. The number of unbranched alkanes of at least 4 members (excludes halogenated alkanes) is 5. The SMILES string of the molecule is CCCCCC(C)(O)CCC1C(CCCCCCC(=O)O)C(=O)C[C@@H]1C#N. The van der Waals surface area contributed by atoms with Gasteiger partial charge in [0.1, 0.15) is 5.78 Å². The Morgan fingerprint density at radius 1 is 1.15 bits per heavy atom. The Labute approximate surface area is 164 Å². The van der Waals surface area contributed by atoms with Gasteiger partial charge in [-0.3, -0.25) is 9.59 Å². The van der Waals surface area contributed by atoms with E-state index in [-0.39, 0.29) is 30.0 Å². The molecule has 1 fully saturated rings. The molecule has 0 aromatic heterocycles. The number of rotatable bonds is 14. The second-order valence-electron chi connectivity index (χ2n) is 8.52. The van der Waals surface area contributed by atoms with Gasteiger partial charge < -0.3 is 10.2 Å². The van der Waals surface area contributed by atoms with Gasteiger partial charge >= 0.3 is 5.97 Å². The van der Waals surface area contributed by atoms with Gasteiger partial charge in [0.05, 0.1) is 17.6 Å². The Morgan fingerprint density at radius 2 is 1.85 bits per heavy atom. The number of hydrogen-bond donors (Lipinski definition) is 2. The van der Waals surface area contributed by atoms with Crippen LogP contribution in [-0.2, 0) is 9.59 Å². The van der Waals surface area contributed by atoms with Crippen molar-refractivity contribution in [3.8, 4) is 6.07 Å². The molecule has 5 heteroatoms. The topological polar surface area (TPSA) is 98.4 Å². The zero-order chi connectivity index (χ0) is 20.3. The Balaban J connectivity index is 2.48. The van der Waals surface area contributed by atoms with Crippen LogP contribution in [0.25, 0.3) is 0 Å².